The van der Waals surface area contributed by atoms with Gasteiger partial charge < -0.3 is 10.6 Å². The van der Waals surface area contributed by atoms with Crippen LogP contribution in [-0.2, 0) is 16.0 Å². The van der Waals surface area contributed by atoms with Gasteiger partial charge in [-0.1, -0.05) is 44.2 Å². The Labute approximate surface area is 120 Å². The lowest BCUT2D eigenvalue weighted by atomic mass is 10.0. The van der Waals surface area contributed by atoms with E-state index in [1.54, 1.807) is 0 Å². The largest absolute Gasteiger partial charge is 0.368 e. The first-order valence-electron chi connectivity index (χ1n) is 6.79. The fraction of sp³-hybridized carbons (Fsp3) is 0.375. The van der Waals surface area contributed by atoms with Gasteiger partial charge in [-0.05, 0) is 30.5 Å². The third-order valence-corrected chi connectivity index (χ3v) is 3.25. The zero-order valence-electron chi connectivity index (χ0n) is 12.1. The van der Waals surface area contributed by atoms with Gasteiger partial charge in [-0.15, -0.1) is 0 Å². The molecule has 108 valence electrons. The average Bonchev–Trinajstić information content (AvgIpc) is 2.44. The molecule has 0 aliphatic rings. The number of nitrogens with zero attached hydrogens (tertiary/aromatic N) is 1. The third-order valence-electron chi connectivity index (χ3n) is 3.25. The lowest BCUT2D eigenvalue weighted by molar-refractivity contribution is -0.133. The smallest absolute Gasteiger partial charge is 0.246 e. The van der Waals surface area contributed by atoms with Crippen molar-refractivity contribution in [2.75, 3.05) is 6.54 Å². The van der Waals surface area contributed by atoms with Crippen molar-refractivity contribution in [2.45, 2.75) is 32.7 Å². The first-order valence-corrected chi connectivity index (χ1v) is 6.79. The maximum absolute atomic E-state index is 11.8. The van der Waals surface area contributed by atoms with E-state index in [0.717, 1.165) is 18.4 Å². The van der Waals surface area contributed by atoms with Crippen LogP contribution in [0.3, 0.4) is 0 Å². The van der Waals surface area contributed by atoms with Crippen molar-refractivity contribution in [3.63, 3.8) is 0 Å². The van der Waals surface area contributed by atoms with E-state index in [0.29, 0.717) is 0 Å². The van der Waals surface area contributed by atoms with Gasteiger partial charge in [0.2, 0.25) is 11.8 Å². The van der Waals surface area contributed by atoms with Gasteiger partial charge in [0.1, 0.15) is 6.54 Å². The van der Waals surface area contributed by atoms with Crippen LogP contribution in [0.1, 0.15) is 37.4 Å². The van der Waals surface area contributed by atoms with Gasteiger partial charge in [0, 0.05) is 0 Å². The molecule has 1 rings (SSSR count). The summed E-state index contributed by atoms with van der Waals surface area (Å²) < 4.78 is 0. The Balaban J connectivity index is 2.92. The summed E-state index contributed by atoms with van der Waals surface area (Å²) in [4.78, 5) is 24.4. The first kappa shape index (κ1) is 16.0. The zero-order valence-corrected chi connectivity index (χ0v) is 12.1. The summed E-state index contributed by atoms with van der Waals surface area (Å²) in [6.07, 6.45) is 3.33. The molecule has 2 N–H and O–H groups in total. The summed E-state index contributed by atoms with van der Waals surface area (Å²) in [6, 6.07) is 7.86. The molecule has 0 saturated heterocycles. The zero-order chi connectivity index (χ0) is 15.1. The second-order valence-corrected chi connectivity index (χ2v) is 4.80. The van der Waals surface area contributed by atoms with Crippen LogP contribution in [-0.4, -0.2) is 23.3 Å². The van der Waals surface area contributed by atoms with E-state index in [1.165, 1.54) is 16.5 Å². The summed E-state index contributed by atoms with van der Waals surface area (Å²) in [5.41, 5.74) is 7.44. The Hall–Kier alpha value is -2.10. The maximum atomic E-state index is 11.8. The van der Waals surface area contributed by atoms with Crippen LogP contribution in [0.4, 0.5) is 0 Å². The minimum atomic E-state index is -0.533. The van der Waals surface area contributed by atoms with Crippen LogP contribution in [0.25, 0.3) is 0 Å². The van der Waals surface area contributed by atoms with Crippen LogP contribution in [0.2, 0.25) is 0 Å². The molecular weight excluding hydrogens is 252 g/mol. The highest BCUT2D eigenvalue weighted by molar-refractivity contribution is 5.90. The molecule has 1 atom stereocenters. The Morgan fingerprint density at radius 3 is 2.40 bits per heavy atom. The van der Waals surface area contributed by atoms with E-state index in [2.05, 4.69) is 25.6 Å². The van der Waals surface area contributed by atoms with Crippen LogP contribution >= 0.6 is 0 Å². The minimum Gasteiger partial charge on any atom is -0.368 e. The highest BCUT2D eigenvalue weighted by Gasteiger charge is 2.21. The van der Waals surface area contributed by atoms with Gasteiger partial charge in [0.25, 0.3) is 0 Å². The van der Waals surface area contributed by atoms with E-state index in [9.17, 15) is 9.59 Å². The van der Waals surface area contributed by atoms with Crippen molar-refractivity contribution >= 4 is 11.8 Å². The molecule has 4 heteroatoms. The Bertz CT molecular complexity index is 480. The number of carbonyl (C=O) groups is 2. The first-order chi connectivity index (χ1) is 9.49. The fourth-order valence-electron chi connectivity index (χ4n) is 2.12. The van der Waals surface area contributed by atoms with E-state index in [1.807, 2.05) is 19.1 Å². The van der Waals surface area contributed by atoms with Gasteiger partial charge >= 0.3 is 0 Å². The van der Waals surface area contributed by atoms with Crippen molar-refractivity contribution in [3.05, 3.63) is 48.0 Å². The summed E-state index contributed by atoms with van der Waals surface area (Å²) in [5, 5.41) is 0. The lowest BCUT2D eigenvalue weighted by Gasteiger charge is -2.27. The van der Waals surface area contributed by atoms with E-state index < -0.39 is 5.91 Å². The second kappa shape index (κ2) is 7.48. The topological polar surface area (TPSA) is 63.4 Å². The van der Waals surface area contributed by atoms with Crippen LogP contribution < -0.4 is 5.73 Å². The normalized spacial score (nSPS) is 11.7. The van der Waals surface area contributed by atoms with Crippen molar-refractivity contribution in [2.24, 2.45) is 5.73 Å². The van der Waals surface area contributed by atoms with Crippen molar-refractivity contribution < 1.29 is 9.59 Å². The van der Waals surface area contributed by atoms with Gasteiger partial charge in [-0.25, -0.2) is 0 Å². The lowest BCUT2D eigenvalue weighted by Crippen LogP contribution is -2.39. The quantitative estimate of drug-likeness (QED) is 0.775. The Morgan fingerprint density at radius 1 is 1.35 bits per heavy atom. The maximum Gasteiger partial charge on any atom is 0.246 e. The van der Waals surface area contributed by atoms with E-state index in [-0.39, 0.29) is 18.5 Å². The molecule has 1 aromatic carbocycles. The monoisotopic (exact) mass is 274 g/mol. The molecule has 20 heavy (non-hydrogen) atoms. The number of aryl methyl sites for hydroxylation is 1. The van der Waals surface area contributed by atoms with Crippen LogP contribution in [0, 0.1) is 0 Å². The number of amides is 2. The average molecular weight is 274 g/mol. The molecule has 0 aliphatic carbocycles. The summed E-state index contributed by atoms with van der Waals surface area (Å²) >= 11 is 0. The molecule has 0 heterocycles. The van der Waals surface area contributed by atoms with E-state index >= 15 is 0 Å². The fourth-order valence-corrected chi connectivity index (χ4v) is 2.12. The molecule has 0 bridgehead atoms. The number of rotatable bonds is 7. The molecule has 0 aliphatic heterocycles. The highest BCUT2D eigenvalue weighted by atomic mass is 16.2. The van der Waals surface area contributed by atoms with Gasteiger partial charge in [0.05, 0.1) is 6.04 Å². The molecule has 0 radical (unpaired) electrons. The predicted octanol–water partition coefficient (Wildman–Crippen LogP) is 2.20. The molecule has 1 aromatic rings. The van der Waals surface area contributed by atoms with Gasteiger partial charge in [-0.3, -0.25) is 9.59 Å². The summed E-state index contributed by atoms with van der Waals surface area (Å²) in [7, 11) is 0. The van der Waals surface area contributed by atoms with Crippen molar-refractivity contribution in [3.8, 4) is 0 Å². The van der Waals surface area contributed by atoms with Gasteiger partial charge in [-0.2, -0.15) is 0 Å². The highest BCUT2D eigenvalue weighted by Crippen LogP contribution is 2.21. The number of nitrogens with two attached hydrogens (primary N) is 1. The Kier molecular flexibility index (Phi) is 5.97. The number of benzene rings is 1. The molecule has 2 amide bonds. The molecule has 4 nitrogen and oxygen atoms in total. The van der Waals surface area contributed by atoms with Crippen molar-refractivity contribution in [1.29, 1.82) is 0 Å². The Morgan fingerprint density at radius 2 is 1.95 bits per heavy atom. The molecule has 0 saturated carbocycles. The number of hydrogen-bond acceptors (Lipinski definition) is 2. The molecule has 0 aromatic heterocycles. The standard InChI is InChI=1S/C16H22N2O2/c1-4-6-13-7-9-14(10-8-13)12(3)18(11-15(17)19)16(20)5-2/h5,7-10,12H,2,4,6,11H2,1,3H3,(H2,17,19). The predicted molar refractivity (Wildman–Crippen MR) is 80.0 cm³/mol. The molecule has 0 fully saturated rings. The third kappa shape index (κ3) is 4.23. The molecule has 1 unspecified atom stereocenters. The number of primary amides is 1. The summed E-state index contributed by atoms with van der Waals surface area (Å²) in [6.45, 7) is 7.36. The SMILES string of the molecule is C=CC(=O)N(CC(N)=O)C(C)c1ccc(CCC)cc1. The molecular formula is C16H22N2O2. The van der Waals surface area contributed by atoms with Crippen LogP contribution in [0.15, 0.2) is 36.9 Å². The number of hydrogen-bond donors (Lipinski definition) is 1. The van der Waals surface area contributed by atoms with Crippen LogP contribution in [0.5, 0.6) is 0 Å². The summed E-state index contributed by atoms with van der Waals surface area (Å²) in [5.74, 6) is -0.830. The van der Waals surface area contributed by atoms with E-state index in [4.69, 9.17) is 5.73 Å². The number of carbonyl (C=O) groups excluding carboxylic acids is 2. The van der Waals surface area contributed by atoms with Gasteiger partial charge in [0.15, 0.2) is 0 Å². The molecule has 0 spiro atoms. The van der Waals surface area contributed by atoms with Crippen molar-refractivity contribution in [1.82, 2.24) is 4.90 Å². The second-order valence-electron chi connectivity index (χ2n) is 4.80. The minimum absolute atomic E-state index is 0.108.